The highest BCUT2D eigenvalue weighted by Gasteiger charge is 2.11. The van der Waals surface area contributed by atoms with Crippen LogP contribution in [0.2, 0.25) is 0 Å². The van der Waals surface area contributed by atoms with Crippen molar-refractivity contribution in [3.05, 3.63) is 76.2 Å². The first-order chi connectivity index (χ1) is 10.1. The topological polar surface area (TPSA) is 55.1 Å². The molecule has 3 rings (SSSR count). The van der Waals surface area contributed by atoms with Crippen LogP contribution in [-0.2, 0) is 6.54 Å². The maximum atomic E-state index is 12.0. The van der Waals surface area contributed by atoms with Gasteiger partial charge in [-0.25, -0.2) is 4.98 Å². The van der Waals surface area contributed by atoms with Crippen LogP contribution in [0.1, 0.15) is 17.2 Å². The lowest BCUT2D eigenvalue weighted by atomic mass is 10.1. The molecule has 0 radical (unpaired) electrons. The zero-order valence-electron chi connectivity index (χ0n) is 11.7. The van der Waals surface area contributed by atoms with E-state index in [1.54, 1.807) is 4.57 Å². The average Bonchev–Trinajstić information content (AvgIpc) is 2.51. The second-order valence-electron chi connectivity index (χ2n) is 5.12. The fourth-order valence-corrected chi connectivity index (χ4v) is 2.37. The minimum absolute atomic E-state index is 0.208. The number of aliphatic hydroxyl groups excluding tert-OH is 1. The van der Waals surface area contributed by atoms with Crippen LogP contribution in [0, 0.1) is 6.92 Å². The second kappa shape index (κ2) is 5.50. The van der Waals surface area contributed by atoms with Gasteiger partial charge in [0, 0.05) is 0 Å². The third kappa shape index (κ3) is 2.71. The van der Waals surface area contributed by atoms with Crippen LogP contribution >= 0.6 is 0 Å². The van der Waals surface area contributed by atoms with E-state index in [1.165, 1.54) is 6.20 Å². The lowest BCUT2D eigenvalue weighted by Gasteiger charge is -2.15. The number of hydrogen-bond acceptors (Lipinski definition) is 3. The highest BCUT2D eigenvalue weighted by molar-refractivity contribution is 5.74. The summed E-state index contributed by atoms with van der Waals surface area (Å²) >= 11 is 0. The molecule has 0 spiro atoms. The lowest BCUT2D eigenvalue weighted by Crippen LogP contribution is -2.23. The molecule has 2 aromatic carbocycles. The highest BCUT2D eigenvalue weighted by atomic mass is 16.3. The van der Waals surface area contributed by atoms with Crippen LogP contribution in [0.5, 0.6) is 0 Å². The average molecular weight is 280 g/mol. The second-order valence-corrected chi connectivity index (χ2v) is 5.12. The number of nitrogens with zero attached hydrogens (tertiary/aromatic N) is 2. The van der Waals surface area contributed by atoms with Gasteiger partial charge < -0.3 is 9.67 Å². The molecule has 0 aliphatic rings. The van der Waals surface area contributed by atoms with Gasteiger partial charge in [-0.15, -0.1) is 0 Å². The van der Waals surface area contributed by atoms with Crippen LogP contribution < -0.4 is 5.56 Å². The van der Waals surface area contributed by atoms with Crippen LogP contribution in [0.15, 0.2) is 59.5 Å². The van der Waals surface area contributed by atoms with Crippen molar-refractivity contribution in [1.29, 1.82) is 0 Å². The van der Waals surface area contributed by atoms with Gasteiger partial charge in [0.25, 0.3) is 5.56 Å². The van der Waals surface area contributed by atoms with Gasteiger partial charge in [0.05, 0.1) is 29.9 Å². The molecule has 1 atom stereocenters. The number of aliphatic hydroxyl groups is 1. The van der Waals surface area contributed by atoms with Crippen molar-refractivity contribution < 1.29 is 5.11 Å². The first kappa shape index (κ1) is 13.5. The van der Waals surface area contributed by atoms with Crippen molar-refractivity contribution in [1.82, 2.24) is 9.55 Å². The fraction of sp³-hybridized carbons (Fsp3) is 0.176. The molecule has 0 aliphatic heterocycles. The summed E-state index contributed by atoms with van der Waals surface area (Å²) in [4.78, 5) is 16.2. The molecule has 0 amide bonds. The van der Waals surface area contributed by atoms with Gasteiger partial charge >= 0.3 is 0 Å². The van der Waals surface area contributed by atoms with E-state index < -0.39 is 6.10 Å². The molecule has 1 heterocycles. The van der Waals surface area contributed by atoms with Crippen molar-refractivity contribution in [3.8, 4) is 0 Å². The normalized spacial score (nSPS) is 12.5. The van der Waals surface area contributed by atoms with Crippen LogP contribution in [0.25, 0.3) is 11.0 Å². The zero-order valence-corrected chi connectivity index (χ0v) is 11.7. The molecule has 21 heavy (non-hydrogen) atoms. The Morgan fingerprint density at radius 1 is 1.14 bits per heavy atom. The predicted molar refractivity (Wildman–Crippen MR) is 82.1 cm³/mol. The van der Waals surface area contributed by atoms with E-state index in [0.717, 1.165) is 22.2 Å². The lowest BCUT2D eigenvalue weighted by molar-refractivity contribution is 0.156. The Hall–Kier alpha value is -2.46. The molecular formula is C17H16N2O2. The first-order valence-corrected chi connectivity index (χ1v) is 6.84. The summed E-state index contributed by atoms with van der Waals surface area (Å²) in [7, 11) is 0. The Morgan fingerprint density at radius 3 is 2.62 bits per heavy atom. The van der Waals surface area contributed by atoms with E-state index in [2.05, 4.69) is 4.98 Å². The third-order valence-electron chi connectivity index (χ3n) is 3.57. The molecule has 4 heteroatoms. The van der Waals surface area contributed by atoms with E-state index >= 15 is 0 Å². The molecule has 1 N–H and O–H groups in total. The van der Waals surface area contributed by atoms with Crippen molar-refractivity contribution in [2.45, 2.75) is 19.6 Å². The molecule has 0 fully saturated rings. The van der Waals surface area contributed by atoms with Crippen molar-refractivity contribution in [2.75, 3.05) is 0 Å². The predicted octanol–water partition coefficient (Wildman–Crippen LogP) is 2.44. The number of aromatic nitrogens is 2. The van der Waals surface area contributed by atoms with Crippen molar-refractivity contribution in [2.24, 2.45) is 0 Å². The monoisotopic (exact) mass is 280 g/mol. The Labute approximate surface area is 122 Å². The summed E-state index contributed by atoms with van der Waals surface area (Å²) in [5.41, 5.74) is 3.20. The molecular weight excluding hydrogens is 264 g/mol. The minimum atomic E-state index is -0.728. The summed E-state index contributed by atoms with van der Waals surface area (Å²) in [6.07, 6.45) is 0.568. The standard InChI is InChI=1S/C17H16N2O2/c1-12-6-8-13(9-7-12)16(20)11-19-15-5-3-2-4-14(15)18-10-17(19)21/h2-10,16,20H,11H2,1H3. The van der Waals surface area contributed by atoms with Crippen molar-refractivity contribution in [3.63, 3.8) is 0 Å². The summed E-state index contributed by atoms with van der Waals surface area (Å²) in [6, 6.07) is 15.1. The van der Waals surface area contributed by atoms with Gasteiger partial charge in [-0.1, -0.05) is 42.0 Å². The van der Waals surface area contributed by atoms with Crippen LogP contribution in [0.3, 0.4) is 0 Å². The summed E-state index contributed by atoms with van der Waals surface area (Å²) in [5, 5.41) is 10.4. The Bertz CT molecular complexity index is 822. The van der Waals surface area contributed by atoms with E-state index in [9.17, 15) is 9.90 Å². The van der Waals surface area contributed by atoms with Gasteiger partial charge in [0.15, 0.2) is 0 Å². The number of aryl methyl sites for hydroxylation is 1. The number of benzene rings is 2. The molecule has 1 unspecified atom stereocenters. The number of fused-ring (bicyclic) bond motifs is 1. The van der Waals surface area contributed by atoms with Crippen LogP contribution in [0.4, 0.5) is 0 Å². The summed E-state index contributed by atoms with van der Waals surface area (Å²) in [6.45, 7) is 2.21. The molecule has 0 aliphatic carbocycles. The summed E-state index contributed by atoms with van der Waals surface area (Å²) < 4.78 is 1.56. The highest BCUT2D eigenvalue weighted by Crippen LogP contribution is 2.17. The van der Waals surface area contributed by atoms with Gasteiger partial charge in [0.2, 0.25) is 0 Å². The van der Waals surface area contributed by atoms with Gasteiger partial charge in [0.1, 0.15) is 0 Å². The number of rotatable bonds is 3. The van der Waals surface area contributed by atoms with Crippen molar-refractivity contribution >= 4 is 11.0 Å². The molecule has 3 aromatic rings. The maximum Gasteiger partial charge on any atom is 0.269 e. The van der Waals surface area contributed by atoms with E-state index in [-0.39, 0.29) is 12.1 Å². The molecule has 4 nitrogen and oxygen atoms in total. The van der Waals surface area contributed by atoms with E-state index in [1.807, 2.05) is 55.5 Å². The zero-order chi connectivity index (χ0) is 14.8. The fourth-order valence-electron chi connectivity index (χ4n) is 2.37. The third-order valence-corrected chi connectivity index (χ3v) is 3.57. The molecule has 1 aromatic heterocycles. The maximum absolute atomic E-state index is 12.0. The largest absolute Gasteiger partial charge is 0.387 e. The summed E-state index contributed by atoms with van der Waals surface area (Å²) in [5.74, 6) is 0. The molecule has 106 valence electrons. The first-order valence-electron chi connectivity index (χ1n) is 6.84. The number of hydrogen-bond donors (Lipinski definition) is 1. The quantitative estimate of drug-likeness (QED) is 0.801. The minimum Gasteiger partial charge on any atom is -0.387 e. The molecule has 0 saturated heterocycles. The van der Waals surface area contributed by atoms with E-state index in [0.29, 0.717) is 0 Å². The van der Waals surface area contributed by atoms with E-state index in [4.69, 9.17) is 0 Å². The van der Waals surface area contributed by atoms with Gasteiger partial charge in [-0.2, -0.15) is 0 Å². The number of para-hydroxylation sites is 2. The van der Waals surface area contributed by atoms with Crippen LogP contribution in [-0.4, -0.2) is 14.7 Å². The Morgan fingerprint density at radius 2 is 1.86 bits per heavy atom. The smallest absolute Gasteiger partial charge is 0.269 e. The van der Waals surface area contributed by atoms with Gasteiger partial charge in [-0.05, 0) is 24.6 Å². The van der Waals surface area contributed by atoms with Gasteiger partial charge in [-0.3, -0.25) is 4.79 Å². The molecule has 0 bridgehead atoms. The Balaban J connectivity index is 1.99. The SMILES string of the molecule is Cc1ccc(C(O)Cn2c(=O)cnc3ccccc32)cc1. The molecule has 0 saturated carbocycles. The Kier molecular flexibility index (Phi) is 3.54.